The van der Waals surface area contributed by atoms with E-state index in [4.69, 9.17) is 9.47 Å². The second-order valence-electron chi connectivity index (χ2n) is 23.1. The molecule has 58 heavy (non-hydrogen) atoms. The summed E-state index contributed by atoms with van der Waals surface area (Å²) in [6.07, 6.45) is 0.0291. The van der Waals surface area contributed by atoms with Crippen LogP contribution in [0.25, 0.3) is 22.3 Å². The van der Waals surface area contributed by atoms with Crippen molar-refractivity contribution in [1.29, 1.82) is 0 Å². The largest absolute Gasteiger partial charge is 0.507 e. The van der Waals surface area contributed by atoms with Crippen LogP contribution in [-0.4, -0.2) is 36.6 Å². The standard InChI is InChI=1S/C54H78O4/c1-49(2,3)37-21-33(22-38(29-37)50(4,5)6)43-31-41(53(13,14)15)25-35(47(43)55)27-45(57-19)46(58-20)28-36-26-42(54(16,17)18)32-44(48(36)56)34-23-39(51(7,8)9)30-40(24-34)52(10,11)12/h21-26,29-32,45-46,55-56H,27-28H2,1-20H3/t45-,46-/m1/s1. The molecule has 0 saturated carbocycles. The molecule has 0 radical (unpaired) electrons. The number of phenols is 2. The Hall–Kier alpha value is -3.60. The first-order valence-electron chi connectivity index (χ1n) is 21.4. The molecule has 0 aromatic heterocycles. The molecule has 0 heterocycles. The van der Waals surface area contributed by atoms with Crippen LogP contribution in [0.2, 0.25) is 0 Å². The van der Waals surface area contributed by atoms with Crippen molar-refractivity contribution >= 4 is 0 Å². The van der Waals surface area contributed by atoms with E-state index in [0.29, 0.717) is 12.8 Å². The third kappa shape index (κ3) is 11.0. The van der Waals surface area contributed by atoms with E-state index >= 15 is 0 Å². The minimum atomic E-state index is -0.414. The molecule has 0 fully saturated rings. The van der Waals surface area contributed by atoms with Crippen LogP contribution in [0, 0.1) is 0 Å². The van der Waals surface area contributed by atoms with Gasteiger partial charge in [0.2, 0.25) is 0 Å². The molecule has 0 aliphatic rings. The molecule has 0 amide bonds. The van der Waals surface area contributed by atoms with Crippen LogP contribution in [0.15, 0.2) is 60.7 Å². The lowest BCUT2D eigenvalue weighted by Crippen LogP contribution is -2.34. The fourth-order valence-electron chi connectivity index (χ4n) is 7.47. The van der Waals surface area contributed by atoms with Crippen LogP contribution in [-0.2, 0) is 54.8 Å². The highest BCUT2D eigenvalue weighted by Gasteiger charge is 2.30. The minimum absolute atomic E-state index is 0.0665. The third-order valence-electron chi connectivity index (χ3n) is 11.9. The van der Waals surface area contributed by atoms with Crippen LogP contribution >= 0.6 is 0 Å². The van der Waals surface area contributed by atoms with Crippen molar-refractivity contribution in [1.82, 2.24) is 0 Å². The van der Waals surface area contributed by atoms with Gasteiger partial charge >= 0.3 is 0 Å². The summed E-state index contributed by atoms with van der Waals surface area (Å²) in [6.45, 7) is 40.2. The van der Waals surface area contributed by atoms with E-state index in [2.05, 4.69) is 185 Å². The topological polar surface area (TPSA) is 58.9 Å². The van der Waals surface area contributed by atoms with Crippen LogP contribution in [0.5, 0.6) is 11.5 Å². The van der Waals surface area contributed by atoms with Crippen molar-refractivity contribution in [2.24, 2.45) is 0 Å². The zero-order chi connectivity index (χ0) is 44.1. The maximum Gasteiger partial charge on any atom is 0.126 e. The Bertz CT molecular complexity index is 1860. The highest BCUT2D eigenvalue weighted by Crippen LogP contribution is 2.44. The molecule has 4 aromatic carbocycles. The van der Waals surface area contributed by atoms with Crippen molar-refractivity contribution in [3.63, 3.8) is 0 Å². The van der Waals surface area contributed by atoms with Crippen molar-refractivity contribution < 1.29 is 19.7 Å². The van der Waals surface area contributed by atoms with Gasteiger partial charge in [0.05, 0.1) is 12.2 Å². The molecule has 0 unspecified atom stereocenters. The lowest BCUT2D eigenvalue weighted by atomic mass is 9.77. The van der Waals surface area contributed by atoms with Crippen molar-refractivity contribution in [2.75, 3.05) is 14.2 Å². The predicted octanol–water partition coefficient (Wildman–Crippen LogP) is 14.0. The SMILES string of the molecule is CO[C@H](Cc1cc(C(C)(C)C)cc(-c2cc(C(C)(C)C)cc(C(C)(C)C)c2)c1O)[C@@H](Cc1cc(C(C)(C)C)cc(-c2cc(C(C)(C)C)cc(C(C)(C)C)c2)c1O)OC. The molecule has 4 heteroatoms. The highest BCUT2D eigenvalue weighted by molar-refractivity contribution is 5.76. The number of methoxy groups -OCH3 is 2. The van der Waals surface area contributed by atoms with E-state index in [0.717, 1.165) is 44.5 Å². The van der Waals surface area contributed by atoms with E-state index in [1.54, 1.807) is 14.2 Å². The lowest BCUT2D eigenvalue weighted by molar-refractivity contribution is -0.0350. The van der Waals surface area contributed by atoms with E-state index in [1.807, 2.05) is 0 Å². The van der Waals surface area contributed by atoms with Gasteiger partial charge in [0.1, 0.15) is 11.5 Å². The average molecular weight is 791 g/mol. The quantitative estimate of drug-likeness (QED) is 0.177. The summed E-state index contributed by atoms with van der Waals surface area (Å²) in [7, 11) is 3.43. The Morgan fingerprint density at radius 3 is 0.793 bits per heavy atom. The van der Waals surface area contributed by atoms with Crippen LogP contribution < -0.4 is 0 Å². The van der Waals surface area contributed by atoms with Crippen molar-refractivity contribution in [3.8, 4) is 33.8 Å². The van der Waals surface area contributed by atoms with E-state index < -0.39 is 12.2 Å². The third-order valence-corrected chi connectivity index (χ3v) is 11.9. The number of benzene rings is 4. The molecule has 2 N–H and O–H groups in total. The van der Waals surface area contributed by atoms with Crippen molar-refractivity contribution in [3.05, 3.63) is 105 Å². The first-order valence-corrected chi connectivity index (χ1v) is 21.4. The fraction of sp³-hybridized carbons (Fsp3) is 0.556. The second-order valence-corrected chi connectivity index (χ2v) is 23.1. The smallest absolute Gasteiger partial charge is 0.126 e. The van der Waals surface area contributed by atoms with Gasteiger partial charge in [0.15, 0.2) is 0 Å². The average Bonchev–Trinajstić information content (AvgIpc) is 3.08. The van der Waals surface area contributed by atoms with Gasteiger partial charge in [-0.1, -0.05) is 173 Å². The summed E-state index contributed by atoms with van der Waals surface area (Å²) in [4.78, 5) is 0. The molecule has 0 bridgehead atoms. The number of hydrogen-bond donors (Lipinski definition) is 2. The summed E-state index contributed by atoms with van der Waals surface area (Å²) >= 11 is 0. The Morgan fingerprint density at radius 1 is 0.362 bits per heavy atom. The normalized spacial score (nSPS) is 14.5. The molecule has 4 rings (SSSR count). The molecule has 318 valence electrons. The zero-order valence-corrected chi connectivity index (χ0v) is 40.1. The number of phenolic OH excluding ortho intramolecular Hbond substituents is 2. The Morgan fingerprint density at radius 2 is 0.586 bits per heavy atom. The van der Waals surface area contributed by atoms with Gasteiger partial charge in [0.25, 0.3) is 0 Å². The highest BCUT2D eigenvalue weighted by atomic mass is 16.5. The number of ether oxygens (including phenoxy) is 2. The van der Waals surface area contributed by atoms with Crippen LogP contribution in [0.1, 0.15) is 169 Å². The number of aromatic hydroxyl groups is 2. The predicted molar refractivity (Wildman–Crippen MR) is 248 cm³/mol. The fourth-order valence-corrected chi connectivity index (χ4v) is 7.47. The summed E-state index contributed by atoms with van der Waals surface area (Å²) in [5, 5.41) is 24.5. The first-order chi connectivity index (χ1) is 26.2. The summed E-state index contributed by atoms with van der Waals surface area (Å²) in [5.41, 5.74) is 12.0. The maximum atomic E-state index is 12.3. The van der Waals surface area contributed by atoms with Gasteiger partial charge in [0, 0.05) is 38.2 Å². The lowest BCUT2D eigenvalue weighted by Gasteiger charge is -2.30. The maximum absolute atomic E-state index is 12.3. The molecule has 0 aliphatic heterocycles. The van der Waals surface area contributed by atoms with Gasteiger partial charge in [-0.15, -0.1) is 0 Å². The molecule has 0 spiro atoms. The van der Waals surface area contributed by atoms with Gasteiger partial charge < -0.3 is 19.7 Å². The molecule has 2 atom stereocenters. The second kappa shape index (κ2) is 16.5. The Kier molecular flexibility index (Phi) is 13.4. The van der Waals surface area contributed by atoms with Gasteiger partial charge in [-0.3, -0.25) is 0 Å². The van der Waals surface area contributed by atoms with Gasteiger partial charge in [-0.05, 0) is 100 Å². The number of hydrogen-bond acceptors (Lipinski definition) is 4. The van der Waals surface area contributed by atoms with Crippen LogP contribution in [0.3, 0.4) is 0 Å². The Labute approximate surface area is 353 Å². The Balaban J connectivity index is 1.88. The molecule has 4 aromatic rings. The van der Waals surface area contributed by atoms with Crippen molar-refractivity contribution in [2.45, 2.75) is 182 Å². The van der Waals surface area contributed by atoms with Crippen LogP contribution in [0.4, 0.5) is 0 Å². The van der Waals surface area contributed by atoms with E-state index in [9.17, 15) is 10.2 Å². The number of rotatable bonds is 9. The molecular weight excluding hydrogens is 713 g/mol. The summed E-state index contributed by atoms with van der Waals surface area (Å²) in [6, 6.07) is 22.2. The molecular formula is C54H78O4. The summed E-state index contributed by atoms with van der Waals surface area (Å²) < 4.78 is 12.5. The molecule has 4 nitrogen and oxygen atoms in total. The van der Waals surface area contributed by atoms with E-state index in [1.165, 1.54) is 22.3 Å². The van der Waals surface area contributed by atoms with Gasteiger partial charge in [-0.2, -0.15) is 0 Å². The summed E-state index contributed by atoms with van der Waals surface area (Å²) in [5.74, 6) is 0.535. The monoisotopic (exact) mass is 791 g/mol. The first kappa shape index (κ1) is 47.1. The molecule has 0 saturated heterocycles. The van der Waals surface area contributed by atoms with E-state index in [-0.39, 0.29) is 44.0 Å². The molecule has 0 aliphatic carbocycles. The van der Waals surface area contributed by atoms with Gasteiger partial charge in [-0.25, -0.2) is 0 Å². The minimum Gasteiger partial charge on any atom is -0.507 e. The zero-order valence-electron chi connectivity index (χ0n) is 40.1.